The minimum absolute atomic E-state index is 1.28. The molecule has 0 rings (SSSR count). The molecule has 0 aliphatic carbocycles. The number of hydrogen-bond donors (Lipinski definition) is 12. The normalized spacial score (nSPS) is 22.4. The van der Waals surface area contributed by atoms with Crippen molar-refractivity contribution in [2.45, 2.75) is 24.4 Å². The van der Waals surface area contributed by atoms with Gasteiger partial charge in [-0.3, -0.25) is 0 Å². The second-order valence-electron chi connectivity index (χ2n) is 4.69. The number of nitrogens with one attached hydrogen (secondary N) is 6. The van der Waals surface area contributed by atoms with Crippen molar-refractivity contribution in [2.75, 3.05) is 13.2 Å². The van der Waals surface area contributed by atoms with Crippen molar-refractivity contribution in [3.8, 4) is 0 Å². The van der Waals surface area contributed by atoms with Crippen molar-refractivity contribution < 1.29 is 92.6 Å². The summed E-state index contributed by atoms with van der Waals surface area (Å²) in [6, 6.07) is 0. The quantitative estimate of drug-likeness (QED) is 0.0888. The monoisotopic (exact) mass is 464 g/mol. The Labute approximate surface area is 163 Å². The van der Waals surface area contributed by atoms with Crippen LogP contribution in [0, 0.1) is 31.2 Å². The van der Waals surface area contributed by atoms with Crippen molar-refractivity contribution in [1.29, 1.82) is 0 Å². The van der Waals surface area contributed by atoms with E-state index in [-0.39, 0.29) is 0 Å². The largest absolute Gasteiger partial charge is 0.566 e. The summed E-state index contributed by atoms with van der Waals surface area (Å²) >= 11 is 0. The second-order valence-corrected chi connectivity index (χ2v) is 4.69. The topological polar surface area (TPSA) is 342 Å². The van der Waals surface area contributed by atoms with Crippen LogP contribution in [0.2, 0.25) is 0 Å². The van der Waals surface area contributed by atoms with E-state index in [0.717, 1.165) is 0 Å². The van der Waals surface area contributed by atoms with Crippen LogP contribution in [0.1, 0.15) is 0 Å². The van der Waals surface area contributed by atoms with Crippen molar-refractivity contribution >= 4 is 0 Å². The molecule has 0 saturated heterocycles. The van der Waals surface area contributed by atoms with Gasteiger partial charge in [-0.1, -0.05) is 32.3 Å². The molecule has 0 spiro atoms. The first-order valence-corrected chi connectivity index (χ1v) is 7.13. The highest BCUT2D eigenvalue weighted by Crippen LogP contribution is 2.14. The molecule has 24 heteroatoms. The summed E-state index contributed by atoms with van der Waals surface area (Å²) in [7, 11) is 0. The van der Waals surface area contributed by atoms with Gasteiger partial charge in [0.25, 0.3) is 0 Å². The van der Waals surface area contributed by atoms with Crippen molar-refractivity contribution in [1.82, 2.24) is 0 Å². The third-order valence-corrected chi connectivity index (χ3v) is 2.78. The minimum Gasteiger partial charge on any atom is -0.566 e. The Kier molecular flexibility index (Phi) is 14.5. The lowest BCUT2D eigenvalue weighted by Gasteiger charge is -2.34. The van der Waals surface area contributed by atoms with Crippen molar-refractivity contribution in [3.63, 3.8) is 0 Å². The van der Waals surface area contributed by atoms with Crippen LogP contribution in [0.5, 0.6) is 0 Å². The molecular formula is C6H20N6O18. The van der Waals surface area contributed by atoms with Gasteiger partial charge in [0.05, 0.1) is 0 Å². The van der Waals surface area contributed by atoms with Gasteiger partial charge in [-0.05, 0) is 0 Å². The lowest BCUT2D eigenvalue weighted by atomic mass is 10.0. The van der Waals surface area contributed by atoms with Crippen LogP contribution in [0.4, 0.5) is 0 Å². The Morgan fingerprint density at radius 1 is 0.467 bits per heavy atom. The molecule has 182 valence electrons. The Morgan fingerprint density at radius 2 is 0.733 bits per heavy atom. The van der Waals surface area contributed by atoms with Gasteiger partial charge in [0.1, 0.15) is 13.2 Å². The molecule has 30 heavy (non-hydrogen) atoms. The molecular weight excluding hydrogens is 444 g/mol. The Balaban J connectivity index is 6.01. The zero-order valence-corrected chi connectivity index (χ0v) is 14.3. The Bertz CT molecular complexity index is 390. The summed E-state index contributed by atoms with van der Waals surface area (Å²) in [6.45, 7) is -2.56. The third-order valence-electron chi connectivity index (χ3n) is 2.78. The van der Waals surface area contributed by atoms with Crippen LogP contribution in [0.15, 0.2) is 0 Å². The first kappa shape index (κ1) is 29.0. The maximum Gasteiger partial charge on any atom is 0.191 e. The van der Waals surface area contributed by atoms with Crippen LogP contribution >= 0.6 is 0 Å². The highest BCUT2D eigenvalue weighted by Gasteiger charge is 2.48. The molecule has 24 nitrogen and oxygen atoms in total. The molecule has 0 aliphatic heterocycles. The highest BCUT2D eigenvalue weighted by atomic mass is 17.1. The molecule has 0 amide bonds. The summed E-state index contributed by atoms with van der Waals surface area (Å²) in [5.41, 5.74) is 0. The molecule has 6 unspecified atom stereocenters. The van der Waals surface area contributed by atoms with E-state index in [0.29, 0.717) is 0 Å². The van der Waals surface area contributed by atoms with Crippen LogP contribution in [-0.4, -0.2) is 68.9 Å². The van der Waals surface area contributed by atoms with Gasteiger partial charge in [0.2, 0.25) is 0 Å². The van der Waals surface area contributed by atoms with Gasteiger partial charge in [0.15, 0.2) is 24.4 Å². The summed E-state index contributed by atoms with van der Waals surface area (Å²) in [4.78, 5) is 25.1. The predicted octanol–water partition coefficient (Wildman–Crippen LogP) is -11.3. The van der Waals surface area contributed by atoms with E-state index in [1.165, 1.54) is 0 Å². The number of rotatable bonds is 17. The second kappa shape index (κ2) is 14.9. The van der Waals surface area contributed by atoms with Gasteiger partial charge in [-0.2, -0.15) is 60.3 Å². The smallest absolute Gasteiger partial charge is 0.191 e. The van der Waals surface area contributed by atoms with E-state index >= 15 is 0 Å². The standard InChI is InChI=1S/C6H20N6O18/c13-7(14)25-1-3(27-9(17)18)5(29-11(21)22)6(30-12(23)24)4(28-10(19)20)2-26-8(15)16/h3-13,15,17,19,21,23H,1-2H2/t3-,4-,5-,6+/m0/s1. The summed E-state index contributed by atoms with van der Waals surface area (Å²) in [5, 5.41) is 104. The van der Waals surface area contributed by atoms with Crippen molar-refractivity contribution in [2.24, 2.45) is 0 Å². The fourth-order valence-corrected chi connectivity index (χ4v) is 1.90. The lowest BCUT2D eigenvalue weighted by molar-refractivity contribution is -1.24. The molecule has 0 saturated carbocycles. The van der Waals surface area contributed by atoms with E-state index in [9.17, 15) is 31.2 Å². The van der Waals surface area contributed by atoms with E-state index in [2.05, 4.69) is 29.0 Å². The highest BCUT2D eigenvalue weighted by molar-refractivity contribution is 4.83. The van der Waals surface area contributed by atoms with Gasteiger partial charge in [-0.15, -0.1) is 0 Å². The molecule has 12 N–H and O–H groups in total. The van der Waals surface area contributed by atoms with E-state index in [1.54, 1.807) is 0 Å². The first-order chi connectivity index (χ1) is 13.8. The molecule has 10 atom stereocenters. The minimum atomic E-state index is -2.45. The molecule has 0 fully saturated rings. The lowest BCUT2D eigenvalue weighted by Crippen LogP contribution is -3.10. The van der Waals surface area contributed by atoms with E-state index < -0.39 is 70.0 Å². The number of quaternary nitrogens is 6. The molecule has 0 radical (unpaired) electrons. The molecule has 0 bridgehead atoms. The Morgan fingerprint density at radius 3 is 0.933 bits per heavy atom. The van der Waals surface area contributed by atoms with Crippen LogP contribution in [0.25, 0.3) is 0 Å². The van der Waals surface area contributed by atoms with Crippen LogP contribution in [-0.2, 0) is 29.0 Å². The summed E-state index contributed by atoms with van der Waals surface area (Å²) in [5.74, 6) is 0. The average molecular weight is 464 g/mol. The van der Waals surface area contributed by atoms with E-state index in [4.69, 9.17) is 31.2 Å². The molecule has 0 aromatic rings. The third kappa shape index (κ3) is 13.4. The molecule has 0 aromatic heterocycles. The molecule has 0 aliphatic rings. The first-order valence-electron chi connectivity index (χ1n) is 7.13. The zero-order valence-electron chi connectivity index (χ0n) is 14.3. The summed E-state index contributed by atoms with van der Waals surface area (Å²) < 4.78 is 0. The predicted molar refractivity (Wildman–Crippen MR) is 68.1 cm³/mol. The van der Waals surface area contributed by atoms with Crippen LogP contribution in [0.3, 0.4) is 0 Å². The van der Waals surface area contributed by atoms with Gasteiger partial charge >= 0.3 is 0 Å². The number of hydrogen-bond acceptors (Lipinski definition) is 18. The maximum atomic E-state index is 11.0. The summed E-state index contributed by atoms with van der Waals surface area (Å²) in [6.07, 6.45) is -9.42. The van der Waals surface area contributed by atoms with E-state index in [1.807, 2.05) is 0 Å². The van der Waals surface area contributed by atoms with Crippen LogP contribution < -0.4 is 32.3 Å². The zero-order chi connectivity index (χ0) is 23.4. The maximum absolute atomic E-state index is 11.0. The molecule has 0 aromatic carbocycles. The van der Waals surface area contributed by atoms with Gasteiger partial charge in [-0.25, -0.2) is 0 Å². The Hall–Kier alpha value is -0.960. The average Bonchev–Trinajstić information content (AvgIpc) is 2.57. The fourth-order valence-electron chi connectivity index (χ4n) is 1.90. The molecule has 0 heterocycles. The SMILES string of the molecule is [O-][NH+](O)OC[C@H](O[NH+]([O-])O)[C@H](O[NH+]([O-])O)[C@H](O[NH+]([O-])O)[C@H](CO[NH+]([O-])O)O[NH+]([O-])O. The van der Waals surface area contributed by atoms with Crippen molar-refractivity contribution in [3.05, 3.63) is 31.2 Å². The van der Waals surface area contributed by atoms with Gasteiger partial charge < -0.3 is 31.2 Å². The fraction of sp³-hybridized carbons (Fsp3) is 1.00. The van der Waals surface area contributed by atoms with Gasteiger partial charge in [0, 0.05) is 0 Å².